The van der Waals surface area contributed by atoms with Gasteiger partial charge in [-0.25, -0.2) is 4.79 Å². The molecule has 0 saturated carbocycles. The lowest BCUT2D eigenvalue weighted by molar-refractivity contribution is 0.144. The van der Waals surface area contributed by atoms with E-state index in [4.69, 9.17) is 15.1 Å². The lowest BCUT2D eigenvalue weighted by Crippen LogP contribution is -2.06. The van der Waals surface area contributed by atoms with Crippen molar-refractivity contribution in [1.29, 1.82) is 5.26 Å². The molecule has 0 unspecified atom stereocenters. The van der Waals surface area contributed by atoms with E-state index in [9.17, 15) is 4.79 Å². The van der Waals surface area contributed by atoms with Crippen LogP contribution < -0.4 is 9.47 Å². The minimum Gasteiger partial charge on any atom is -0.494 e. The van der Waals surface area contributed by atoms with Gasteiger partial charge < -0.3 is 14.6 Å². The molecule has 0 fully saturated rings. The van der Waals surface area contributed by atoms with Crippen molar-refractivity contribution < 1.29 is 19.4 Å². The zero-order chi connectivity index (χ0) is 25.2. The third-order valence-corrected chi connectivity index (χ3v) is 5.47. The molecule has 1 N–H and O–H groups in total. The zero-order valence-electron chi connectivity index (χ0n) is 21.3. The van der Waals surface area contributed by atoms with E-state index in [1.165, 1.54) is 44.9 Å². The predicted molar refractivity (Wildman–Crippen MR) is 138 cm³/mol. The molecule has 0 spiro atoms. The van der Waals surface area contributed by atoms with Crippen LogP contribution in [0.3, 0.4) is 0 Å². The molecule has 0 heterocycles. The second-order valence-corrected chi connectivity index (χ2v) is 9.13. The molecule has 5 heteroatoms. The van der Waals surface area contributed by atoms with Crippen molar-refractivity contribution >= 4 is 6.16 Å². The summed E-state index contributed by atoms with van der Waals surface area (Å²) < 4.78 is 10.4. The first kappa shape index (κ1) is 29.0. The minimum absolute atomic E-state index is 0.101. The largest absolute Gasteiger partial charge is 0.511 e. The fourth-order valence-electron chi connectivity index (χ4n) is 3.31. The van der Waals surface area contributed by atoms with Gasteiger partial charge in [-0.3, -0.25) is 0 Å². The molecule has 0 aliphatic carbocycles. The minimum atomic E-state index is -1.31. The highest BCUT2D eigenvalue weighted by Gasteiger charge is 2.14. The Morgan fingerprint density at radius 3 is 1.82 bits per heavy atom. The van der Waals surface area contributed by atoms with Crippen molar-refractivity contribution in [2.24, 2.45) is 5.41 Å². The lowest BCUT2D eigenvalue weighted by Gasteiger charge is -2.12. The van der Waals surface area contributed by atoms with E-state index in [0.29, 0.717) is 5.75 Å². The van der Waals surface area contributed by atoms with Crippen LogP contribution >= 0.6 is 0 Å². The summed E-state index contributed by atoms with van der Waals surface area (Å²) in [5.41, 5.74) is 1.95. The van der Waals surface area contributed by atoms with Crippen LogP contribution in [0.1, 0.15) is 85.5 Å². The van der Waals surface area contributed by atoms with E-state index in [0.717, 1.165) is 36.3 Å². The Morgan fingerprint density at radius 1 is 0.824 bits per heavy atom. The van der Waals surface area contributed by atoms with E-state index in [-0.39, 0.29) is 5.41 Å². The third kappa shape index (κ3) is 12.9. The van der Waals surface area contributed by atoms with Gasteiger partial charge in [0.1, 0.15) is 11.5 Å². The van der Waals surface area contributed by atoms with Gasteiger partial charge in [0.2, 0.25) is 0 Å². The Balaban J connectivity index is 0.000000546. The van der Waals surface area contributed by atoms with Crippen LogP contribution in [0.5, 0.6) is 11.5 Å². The lowest BCUT2D eigenvalue weighted by atomic mass is 9.89. The van der Waals surface area contributed by atoms with Crippen LogP contribution in [0.2, 0.25) is 0 Å². The molecular formula is C29H41NO4. The second kappa shape index (κ2) is 16.6. The molecule has 0 aliphatic rings. The average molecular weight is 468 g/mol. The molecule has 0 aliphatic heterocycles. The third-order valence-electron chi connectivity index (χ3n) is 5.47. The second-order valence-electron chi connectivity index (χ2n) is 9.13. The normalized spacial score (nSPS) is 10.6. The highest BCUT2D eigenvalue weighted by atomic mass is 16.7. The molecular weight excluding hydrogens is 426 g/mol. The molecule has 2 aromatic rings. The number of ether oxygens (including phenoxy) is 2. The first-order valence-electron chi connectivity index (χ1n) is 12.5. The molecule has 34 heavy (non-hydrogen) atoms. The Labute approximate surface area is 205 Å². The van der Waals surface area contributed by atoms with E-state index in [2.05, 4.69) is 24.7 Å². The van der Waals surface area contributed by atoms with Gasteiger partial charge in [-0.1, -0.05) is 83.1 Å². The van der Waals surface area contributed by atoms with Crippen molar-refractivity contribution in [3.05, 3.63) is 48.5 Å². The van der Waals surface area contributed by atoms with Crippen LogP contribution in [0.4, 0.5) is 4.79 Å². The molecule has 0 atom stereocenters. The van der Waals surface area contributed by atoms with Crippen molar-refractivity contribution in [3.63, 3.8) is 0 Å². The van der Waals surface area contributed by atoms with Gasteiger partial charge in [0.15, 0.2) is 0 Å². The topological polar surface area (TPSA) is 79.5 Å². The van der Waals surface area contributed by atoms with Crippen molar-refractivity contribution in [2.75, 3.05) is 6.61 Å². The van der Waals surface area contributed by atoms with E-state index in [1.807, 2.05) is 50.2 Å². The van der Waals surface area contributed by atoms with E-state index in [1.54, 1.807) is 12.1 Å². The van der Waals surface area contributed by atoms with Gasteiger partial charge in [-0.05, 0) is 62.1 Å². The maximum atomic E-state index is 10.5. The summed E-state index contributed by atoms with van der Waals surface area (Å²) >= 11 is 0. The van der Waals surface area contributed by atoms with Crippen LogP contribution in [-0.4, -0.2) is 17.9 Å². The summed E-state index contributed by atoms with van der Waals surface area (Å²) in [6.07, 6.45) is 9.60. The van der Waals surface area contributed by atoms with Crippen LogP contribution in [0, 0.1) is 16.7 Å². The van der Waals surface area contributed by atoms with Gasteiger partial charge >= 0.3 is 6.16 Å². The van der Waals surface area contributed by atoms with Crippen molar-refractivity contribution in [3.8, 4) is 28.7 Å². The number of hydrogen-bond donors (Lipinski definition) is 1. The van der Waals surface area contributed by atoms with E-state index >= 15 is 0 Å². The summed E-state index contributed by atoms with van der Waals surface area (Å²) in [6.45, 7) is 9.11. The fourth-order valence-corrected chi connectivity index (χ4v) is 3.31. The maximum Gasteiger partial charge on any atom is 0.511 e. The molecule has 5 nitrogen and oxygen atoms in total. The monoisotopic (exact) mass is 467 g/mol. The van der Waals surface area contributed by atoms with Crippen molar-refractivity contribution in [1.82, 2.24) is 0 Å². The number of hydrogen-bond acceptors (Lipinski definition) is 4. The predicted octanol–water partition coefficient (Wildman–Crippen LogP) is 8.88. The van der Waals surface area contributed by atoms with Gasteiger partial charge in [0.05, 0.1) is 18.1 Å². The summed E-state index contributed by atoms with van der Waals surface area (Å²) in [5.74, 6) is 1.19. The number of benzene rings is 2. The van der Waals surface area contributed by atoms with Gasteiger partial charge in [-0.15, -0.1) is 0 Å². The fraction of sp³-hybridized carbons (Fsp3) is 0.517. The standard InChI is InChI=1S/C21H26O4.C8H15N/c1-2-3-4-5-6-7-16-24-19-12-8-17(9-13-19)18-10-14-20(15-11-18)25-21(22)23;1-4-5-6-8(2,3)7-9/h8-15H,2-7,16H2,1H3,(H,22,23);4-6H2,1-3H3. The highest BCUT2D eigenvalue weighted by Crippen LogP contribution is 2.25. The quantitative estimate of drug-likeness (QED) is 0.181. The van der Waals surface area contributed by atoms with Crippen molar-refractivity contribution in [2.45, 2.75) is 85.5 Å². The number of carbonyl (C=O) groups is 1. The summed E-state index contributed by atoms with van der Waals surface area (Å²) in [5, 5.41) is 17.2. The van der Waals surface area contributed by atoms with Crippen LogP contribution in [0.25, 0.3) is 11.1 Å². The smallest absolute Gasteiger partial charge is 0.494 e. The van der Waals surface area contributed by atoms with Gasteiger partial charge in [-0.2, -0.15) is 5.26 Å². The molecule has 186 valence electrons. The number of nitriles is 1. The number of unbranched alkanes of at least 4 members (excludes halogenated alkanes) is 6. The van der Waals surface area contributed by atoms with Crippen LogP contribution in [-0.2, 0) is 0 Å². The Morgan fingerprint density at radius 2 is 1.32 bits per heavy atom. The molecule has 0 saturated heterocycles. The van der Waals surface area contributed by atoms with Gasteiger partial charge in [0, 0.05) is 0 Å². The Kier molecular flexibility index (Phi) is 14.2. The maximum absolute atomic E-state index is 10.5. The molecule has 0 amide bonds. The molecule has 0 bridgehead atoms. The summed E-state index contributed by atoms with van der Waals surface area (Å²) in [4.78, 5) is 10.5. The highest BCUT2D eigenvalue weighted by molar-refractivity contribution is 5.66. The number of carboxylic acid groups (broad SMARTS) is 1. The zero-order valence-corrected chi connectivity index (χ0v) is 21.3. The Bertz CT molecular complexity index is 851. The van der Waals surface area contributed by atoms with Crippen LogP contribution in [0.15, 0.2) is 48.5 Å². The summed E-state index contributed by atoms with van der Waals surface area (Å²) in [6, 6.07) is 17.2. The molecule has 2 aromatic carbocycles. The van der Waals surface area contributed by atoms with Gasteiger partial charge in [0.25, 0.3) is 0 Å². The summed E-state index contributed by atoms with van der Waals surface area (Å²) in [7, 11) is 0. The first-order valence-corrected chi connectivity index (χ1v) is 12.5. The number of rotatable bonds is 13. The molecule has 0 radical (unpaired) electrons. The SMILES string of the molecule is CCCCC(C)(C)C#N.CCCCCCCCOc1ccc(-c2ccc(OC(=O)O)cc2)cc1. The number of nitrogens with zero attached hydrogens (tertiary/aromatic N) is 1. The Hall–Kier alpha value is -3.00. The van der Waals surface area contributed by atoms with E-state index < -0.39 is 6.16 Å². The average Bonchev–Trinajstić information content (AvgIpc) is 2.83. The molecule has 2 rings (SSSR count). The first-order chi connectivity index (χ1) is 16.3. The molecule has 0 aromatic heterocycles.